The van der Waals surface area contributed by atoms with Crippen LogP contribution in [-0.2, 0) is 4.79 Å². The number of primary amides is 1. The summed E-state index contributed by atoms with van der Waals surface area (Å²) in [5.74, 6) is 0.326. The third kappa shape index (κ3) is 5.56. The van der Waals surface area contributed by atoms with Crippen LogP contribution >= 0.6 is 0 Å². The predicted molar refractivity (Wildman–Crippen MR) is 41.5 cm³/mol. The molecule has 0 atom stereocenters. The lowest BCUT2D eigenvalue weighted by Crippen LogP contribution is -2.32. The average Bonchev–Trinajstić information content (AvgIpc) is 1.58. The van der Waals surface area contributed by atoms with Crippen LogP contribution in [0.1, 0.15) is 13.8 Å². The molecule has 0 unspecified atom stereocenters. The summed E-state index contributed by atoms with van der Waals surface area (Å²) in [6.07, 6.45) is 0. The quantitative estimate of drug-likeness (QED) is 0.606. The normalized spacial score (nSPS) is 10.9. The first kappa shape index (κ1) is 9.43. The second kappa shape index (κ2) is 4.28. The summed E-state index contributed by atoms with van der Waals surface area (Å²) in [6, 6.07) is 0. The van der Waals surface area contributed by atoms with Crippen LogP contribution in [0.15, 0.2) is 0 Å². The van der Waals surface area contributed by atoms with Gasteiger partial charge in [-0.25, -0.2) is 0 Å². The van der Waals surface area contributed by atoms with Gasteiger partial charge in [0.05, 0.1) is 6.54 Å². The van der Waals surface area contributed by atoms with E-state index < -0.39 is 0 Å². The van der Waals surface area contributed by atoms with Crippen LogP contribution in [0.3, 0.4) is 0 Å². The van der Waals surface area contributed by atoms with Crippen molar-refractivity contribution in [3.63, 3.8) is 0 Å². The maximum atomic E-state index is 10.4. The number of carbonyl (C=O) groups is 1. The van der Waals surface area contributed by atoms with Crippen molar-refractivity contribution in [3.8, 4) is 0 Å². The molecular formula is C7H16N2O. The zero-order chi connectivity index (χ0) is 8.15. The van der Waals surface area contributed by atoms with Gasteiger partial charge >= 0.3 is 0 Å². The molecule has 0 aromatic heterocycles. The minimum absolute atomic E-state index is 0.261. The SMILES string of the molecule is CC(C)CN(C)CC(N)=O. The van der Waals surface area contributed by atoms with Gasteiger partial charge in [0, 0.05) is 6.54 Å². The van der Waals surface area contributed by atoms with E-state index in [0.717, 1.165) is 6.54 Å². The van der Waals surface area contributed by atoms with Crippen LogP contribution in [0.2, 0.25) is 0 Å². The molecule has 0 saturated heterocycles. The third-order valence-electron chi connectivity index (χ3n) is 1.10. The fourth-order valence-corrected chi connectivity index (χ4v) is 0.954. The van der Waals surface area contributed by atoms with Crippen molar-refractivity contribution in [2.24, 2.45) is 11.7 Å². The van der Waals surface area contributed by atoms with E-state index in [1.54, 1.807) is 0 Å². The van der Waals surface area contributed by atoms with E-state index in [-0.39, 0.29) is 5.91 Å². The second-order valence-corrected chi connectivity index (χ2v) is 3.06. The van der Waals surface area contributed by atoms with Crippen molar-refractivity contribution in [1.82, 2.24) is 4.90 Å². The number of nitrogens with two attached hydrogens (primary N) is 1. The lowest BCUT2D eigenvalue weighted by molar-refractivity contribution is -0.118. The van der Waals surface area contributed by atoms with Crippen molar-refractivity contribution < 1.29 is 4.79 Å². The largest absolute Gasteiger partial charge is 0.369 e. The van der Waals surface area contributed by atoms with E-state index in [1.165, 1.54) is 0 Å². The van der Waals surface area contributed by atoms with Crippen molar-refractivity contribution >= 4 is 5.91 Å². The number of carbonyl (C=O) groups excluding carboxylic acids is 1. The summed E-state index contributed by atoms with van der Waals surface area (Å²) < 4.78 is 0. The van der Waals surface area contributed by atoms with Gasteiger partial charge in [-0.2, -0.15) is 0 Å². The molecule has 0 radical (unpaired) electrons. The van der Waals surface area contributed by atoms with Gasteiger partial charge in [-0.05, 0) is 13.0 Å². The Hall–Kier alpha value is -0.570. The Labute approximate surface area is 62.2 Å². The van der Waals surface area contributed by atoms with E-state index in [1.807, 2.05) is 11.9 Å². The van der Waals surface area contributed by atoms with Crippen molar-refractivity contribution in [2.75, 3.05) is 20.1 Å². The predicted octanol–water partition coefficient (Wildman–Crippen LogP) is 0.0595. The Morgan fingerprint density at radius 1 is 1.60 bits per heavy atom. The van der Waals surface area contributed by atoms with Crippen molar-refractivity contribution in [1.29, 1.82) is 0 Å². The summed E-state index contributed by atoms with van der Waals surface area (Å²) in [5, 5.41) is 0. The van der Waals surface area contributed by atoms with Crippen molar-refractivity contribution in [3.05, 3.63) is 0 Å². The summed E-state index contributed by atoms with van der Waals surface area (Å²) in [7, 11) is 1.89. The van der Waals surface area contributed by atoms with Gasteiger partial charge in [0.15, 0.2) is 0 Å². The molecule has 0 aromatic rings. The number of nitrogens with zero attached hydrogens (tertiary/aromatic N) is 1. The molecule has 0 heterocycles. The van der Waals surface area contributed by atoms with Gasteiger partial charge in [-0.15, -0.1) is 0 Å². The molecule has 0 aromatic carbocycles. The highest BCUT2D eigenvalue weighted by Crippen LogP contribution is 1.93. The molecule has 1 amide bonds. The van der Waals surface area contributed by atoms with Crippen LogP contribution in [0, 0.1) is 5.92 Å². The smallest absolute Gasteiger partial charge is 0.231 e. The van der Waals surface area contributed by atoms with Gasteiger partial charge < -0.3 is 5.73 Å². The molecule has 0 aliphatic heterocycles. The highest BCUT2D eigenvalue weighted by atomic mass is 16.1. The molecule has 60 valence electrons. The maximum absolute atomic E-state index is 10.4. The molecule has 0 rings (SSSR count). The fourth-order valence-electron chi connectivity index (χ4n) is 0.954. The summed E-state index contributed by atoms with van der Waals surface area (Å²) in [5.41, 5.74) is 4.99. The molecule has 0 bridgehead atoms. The van der Waals surface area contributed by atoms with Gasteiger partial charge in [0.1, 0.15) is 0 Å². The molecular weight excluding hydrogens is 128 g/mol. The third-order valence-corrected chi connectivity index (χ3v) is 1.10. The molecule has 0 spiro atoms. The van der Waals surface area contributed by atoms with E-state index >= 15 is 0 Å². The summed E-state index contributed by atoms with van der Waals surface area (Å²) >= 11 is 0. The van der Waals surface area contributed by atoms with Crippen molar-refractivity contribution in [2.45, 2.75) is 13.8 Å². The second-order valence-electron chi connectivity index (χ2n) is 3.06. The Morgan fingerprint density at radius 3 is 2.40 bits per heavy atom. The zero-order valence-corrected chi connectivity index (χ0v) is 6.92. The van der Waals surface area contributed by atoms with Crippen LogP contribution in [0.4, 0.5) is 0 Å². The lowest BCUT2D eigenvalue weighted by Gasteiger charge is -2.16. The molecule has 0 aliphatic carbocycles. The van der Waals surface area contributed by atoms with Crippen LogP contribution in [0.5, 0.6) is 0 Å². The molecule has 10 heavy (non-hydrogen) atoms. The molecule has 0 saturated carbocycles. The number of hydrogen-bond acceptors (Lipinski definition) is 2. The van der Waals surface area contributed by atoms with E-state index in [2.05, 4.69) is 13.8 Å². The molecule has 2 N–H and O–H groups in total. The maximum Gasteiger partial charge on any atom is 0.231 e. The van der Waals surface area contributed by atoms with Crippen LogP contribution in [-0.4, -0.2) is 30.9 Å². The van der Waals surface area contributed by atoms with Gasteiger partial charge in [-0.1, -0.05) is 13.8 Å². The van der Waals surface area contributed by atoms with E-state index in [0.29, 0.717) is 12.5 Å². The van der Waals surface area contributed by atoms with E-state index in [4.69, 9.17) is 5.73 Å². The zero-order valence-electron chi connectivity index (χ0n) is 6.92. The van der Waals surface area contributed by atoms with E-state index in [9.17, 15) is 4.79 Å². The first-order valence-corrected chi connectivity index (χ1v) is 3.49. The Morgan fingerprint density at radius 2 is 2.10 bits per heavy atom. The van der Waals surface area contributed by atoms with Gasteiger partial charge in [0.2, 0.25) is 5.91 Å². The minimum atomic E-state index is -0.261. The first-order chi connectivity index (χ1) is 4.52. The monoisotopic (exact) mass is 144 g/mol. The Kier molecular flexibility index (Phi) is 4.03. The van der Waals surface area contributed by atoms with Gasteiger partial charge in [-0.3, -0.25) is 9.69 Å². The molecule has 0 fully saturated rings. The Balaban J connectivity index is 3.43. The minimum Gasteiger partial charge on any atom is -0.369 e. The standard InChI is InChI=1S/C7H16N2O/c1-6(2)4-9(3)5-7(8)10/h6H,4-5H2,1-3H3,(H2,8,10). The highest BCUT2D eigenvalue weighted by molar-refractivity contribution is 5.75. The number of amides is 1. The number of rotatable bonds is 4. The summed E-state index contributed by atoms with van der Waals surface area (Å²) in [6.45, 7) is 5.50. The molecule has 3 nitrogen and oxygen atoms in total. The molecule has 0 aliphatic rings. The van der Waals surface area contributed by atoms with Crippen LogP contribution in [0.25, 0.3) is 0 Å². The summed E-state index contributed by atoms with van der Waals surface area (Å²) in [4.78, 5) is 12.3. The number of likely N-dealkylation sites (N-methyl/N-ethyl adjacent to an activating group) is 1. The van der Waals surface area contributed by atoms with Gasteiger partial charge in [0.25, 0.3) is 0 Å². The molecule has 3 heteroatoms. The highest BCUT2D eigenvalue weighted by Gasteiger charge is 2.03. The lowest BCUT2D eigenvalue weighted by atomic mass is 10.2. The average molecular weight is 144 g/mol. The Bertz CT molecular complexity index is 112. The first-order valence-electron chi connectivity index (χ1n) is 3.49. The van der Waals surface area contributed by atoms with Crippen LogP contribution < -0.4 is 5.73 Å². The fraction of sp³-hybridized carbons (Fsp3) is 0.857. The number of hydrogen-bond donors (Lipinski definition) is 1. The topological polar surface area (TPSA) is 46.3 Å².